The zero-order valence-corrected chi connectivity index (χ0v) is 15.1. The number of nitrogens with zero attached hydrogens (tertiary/aromatic N) is 1. The van der Waals surface area contributed by atoms with Crippen LogP contribution in [0.3, 0.4) is 0 Å². The van der Waals surface area contributed by atoms with Crippen molar-refractivity contribution in [3.63, 3.8) is 0 Å². The molecule has 0 aromatic heterocycles. The summed E-state index contributed by atoms with van der Waals surface area (Å²) in [5.74, 6) is 0.377. The monoisotopic (exact) mass is 332 g/mol. The van der Waals surface area contributed by atoms with Gasteiger partial charge in [0.05, 0.1) is 6.10 Å². The Bertz CT molecular complexity index is 573. The Hall–Kier alpha value is -2.04. The van der Waals surface area contributed by atoms with Crippen LogP contribution in [0.1, 0.15) is 47.0 Å². The van der Waals surface area contributed by atoms with E-state index >= 15 is 0 Å². The highest BCUT2D eigenvalue weighted by molar-refractivity contribution is 6.09. The Labute approximate surface area is 144 Å². The van der Waals surface area contributed by atoms with Gasteiger partial charge in [-0.1, -0.05) is 0 Å². The second-order valence-corrected chi connectivity index (χ2v) is 7.12. The number of piperidine rings is 1. The number of rotatable bonds is 5. The molecule has 1 saturated heterocycles. The van der Waals surface area contributed by atoms with Gasteiger partial charge in [-0.25, -0.2) is 0 Å². The van der Waals surface area contributed by atoms with Crippen LogP contribution in [-0.2, 0) is 9.59 Å². The highest BCUT2D eigenvalue weighted by Gasteiger charge is 2.39. The van der Waals surface area contributed by atoms with E-state index in [1.54, 1.807) is 26.0 Å². The van der Waals surface area contributed by atoms with Crippen LogP contribution in [0.5, 0.6) is 5.75 Å². The summed E-state index contributed by atoms with van der Waals surface area (Å²) in [4.78, 5) is 27.1. The van der Waals surface area contributed by atoms with Crippen molar-refractivity contribution in [1.82, 2.24) is 4.90 Å². The maximum Gasteiger partial charge on any atom is 0.239 e. The van der Waals surface area contributed by atoms with Crippen LogP contribution >= 0.6 is 0 Å². The van der Waals surface area contributed by atoms with Gasteiger partial charge in [0.2, 0.25) is 11.8 Å². The molecule has 1 aromatic carbocycles. The minimum absolute atomic E-state index is 0.0977. The molecule has 1 aromatic rings. The topological polar surface area (TPSA) is 58.6 Å². The predicted octanol–water partition coefficient (Wildman–Crippen LogP) is 3.45. The molecule has 24 heavy (non-hydrogen) atoms. The molecule has 0 saturated carbocycles. The molecule has 0 unspecified atom stereocenters. The quantitative estimate of drug-likeness (QED) is 0.840. The molecule has 132 valence electrons. The van der Waals surface area contributed by atoms with Crippen molar-refractivity contribution in [2.75, 3.05) is 18.4 Å². The lowest BCUT2D eigenvalue weighted by molar-refractivity contribution is -0.147. The highest BCUT2D eigenvalue weighted by atomic mass is 16.5. The molecular weight excluding hydrogens is 304 g/mol. The summed E-state index contributed by atoms with van der Waals surface area (Å²) in [6.07, 6.45) is 3.29. The van der Waals surface area contributed by atoms with Gasteiger partial charge in [-0.3, -0.25) is 9.59 Å². The third-order valence-corrected chi connectivity index (χ3v) is 4.23. The van der Waals surface area contributed by atoms with Gasteiger partial charge in [-0.15, -0.1) is 0 Å². The number of carbonyl (C=O) groups excluding carboxylic acids is 2. The first-order chi connectivity index (χ1) is 11.3. The number of benzene rings is 1. The third-order valence-electron chi connectivity index (χ3n) is 4.23. The lowest BCUT2D eigenvalue weighted by Gasteiger charge is -2.33. The average Bonchev–Trinajstić information content (AvgIpc) is 2.56. The molecule has 2 rings (SSSR count). The Balaban J connectivity index is 2.00. The van der Waals surface area contributed by atoms with Crippen LogP contribution in [0.2, 0.25) is 0 Å². The molecule has 0 radical (unpaired) electrons. The van der Waals surface area contributed by atoms with Crippen LogP contribution < -0.4 is 10.1 Å². The fourth-order valence-corrected chi connectivity index (χ4v) is 2.77. The van der Waals surface area contributed by atoms with Gasteiger partial charge in [0.15, 0.2) is 0 Å². The van der Waals surface area contributed by atoms with Gasteiger partial charge in [-0.05, 0) is 71.2 Å². The minimum atomic E-state index is -1.08. The first-order valence-electron chi connectivity index (χ1n) is 8.68. The van der Waals surface area contributed by atoms with Gasteiger partial charge in [0.1, 0.15) is 11.2 Å². The molecule has 0 atom stereocenters. The summed E-state index contributed by atoms with van der Waals surface area (Å²) in [6.45, 7) is 8.80. The number of hydrogen-bond acceptors (Lipinski definition) is 3. The Morgan fingerprint density at radius 3 is 2.21 bits per heavy atom. The van der Waals surface area contributed by atoms with Crippen LogP contribution in [0.15, 0.2) is 24.3 Å². The van der Waals surface area contributed by atoms with E-state index in [4.69, 9.17) is 4.74 Å². The zero-order valence-electron chi connectivity index (χ0n) is 15.1. The van der Waals surface area contributed by atoms with Gasteiger partial charge in [0, 0.05) is 18.8 Å². The Kier molecular flexibility index (Phi) is 5.86. The first kappa shape index (κ1) is 18.3. The fourth-order valence-electron chi connectivity index (χ4n) is 2.77. The van der Waals surface area contributed by atoms with Crippen molar-refractivity contribution in [2.45, 2.75) is 53.1 Å². The van der Waals surface area contributed by atoms with E-state index in [-0.39, 0.29) is 17.9 Å². The fraction of sp³-hybridized carbons (Fsp3) is 0.579. The van der Waals surface area contributed by atoms with Gasteiger partial charge in [-0.2, -0.15) is 0 Å². The molecule has 2 amide bonds. The smallest absolute Gasteiger partial charge is 0.239 e. The van der Waals surface area contributed by atoms with E-state index in [0.717, 1.165) is 38.1 Å². The average molecular weight is 332 g/mol. The Morgan fingerprint density at radius 1 is 1.08 bits per heavy atom. The molecular formula is C19H28N2O3. The minimum Gasteiger partial charge on any atom is -0.491 e. The molecule has 1 aliphatic rings. The predicted molar refractivity (Wildman–Crippen MR) is 95.0 cm³/mol. The van der Waals surface area contributed by atoms with E-state index in [1.165, 1.54) is 0 Å². The van der Waals surface area contributed by atoms with Crippen molar-refractivity contribution in [3.8, 4) is 5.75 Å². The lowest BCUT2D eigenvalue weighted by atomic mass is 9.89. The van der Waals surface area contributed by atoms with Crippen molar-refractivity contribution < 1.29 is 14.3 Å². The van der Waals surface area contributed by atoms with Crippen LogP contribution in [0.4, 0.5) is 5.69 Å². The number of nitrogens with one attached hydrogen (secondary N) is 1. The molecule has 5 heteroatoms. The molecule has 5 nitrogen and oxygen atoms in total. The van der Waals surface area contributed by atoms with Crippen LogP contribution in [-0.4, -0.2) is 35.9 Å². The van der Waals surface area contributed by atoms with Crippen molar-refractivity contribution in [1.29, 1.82) is 0 Å². The second-order valence-electron chi connectivity index (χ2n) is 7.12. The number of carbonyl (C=O) groups is 2. The molecule has 1 aliphatic heterocycles. The number of anilines is 1. The van der Waals surface area contributed by atoms with Gasteiger partial charge < -0.3 is 15.0 Å². The van der Waals surface area contributed by atoms with Gasteiger partial charge >= 0.3 is 0 Å². The summed E-state index contributed by atoms with van der Waals surface area (Å²) in [5.41, 5.74) is -0.416. The molecule has 0 aliphatic carbocycles. The van der Waals surface area contributed by atoms with Crippen molar-refractivity contribution >= 4 is 17.5 Å². The maximum atomic E-state index is 12.7. The van der Waals surface area contributed by atoms with E-state index in [9.17, 15) is 9.59 Å². The standard InChI is InChI=1S/C19H28N2O3/c1-14(2)24-16-10-8-15(9-11-16)20-17(22)19(3,4)18(23)21-12-6-5-7-13-21/h8-11,14H,5-7,12-13H2,1-4H3,(H,20,22). The summed E-state index contributed by atoms with van der Waals surface area (Å²) >= 11 is 0. The van der Waals surface area contributed by atoms with Crippen molar-refractivity contribution in [2.24, 2.45) is 5.41 Å². The number of hydrogen-bond donors (Lipinski definition) is 1. The molecule has 0 spiro atoms. The number of ether oxygens (including phenoxy) is 1. The van der Waals surface area contributed by atoms with E-state index < -0.39 is 5.41 Å². The first-order valence-corrected chi connectivity index (χ1v) is 8.68. The number of likely N-dealkylation sites (tertiary alicyclic amines) is 1. The summed E-state index contributed by atoms with van der Waals surface area (Å²) < 4.78 is 5.59. The van der Waals surface area contributed by atoms with Crippen LogP contribution in [0, 0.1) is 5.41 Å². The van der Waals surface area contributed by atoms with Gasteiger partial charge in [0.25, 0.3) is 0 Å². The largest absolute Gasteiger partial charge is 0.491 e. The summed E-state index contributed by atoms with van der Waals surface area (Å²) in [7, 11) is 0. The normalized spacial score (nSPS) is 15.3. The van der Waals surface area contributed by atoms with Crippen molar-refractivity contribution in [3.05, 3.63) is 24.3 Å². The van der Waals surface area contributed by atoms with Crippen LogP contribution in [0.25, 0.3) is 0 Å². The molecule has 1 N–H and O–H groups in total. The molecule has 0 bridgehead atoms. The second kappa shape index (κ2) is 7.69. The highest BCUT2D eigenvalue weighted by Crippen LogP contribution is 2.25. The molecule has 1 heterocycles. The van der Waals surface area contributed by atoms with E-state index in [0.29, 0.717) is 5.69 Å². The lowest BCUT2D eigenvalue weighted by Crippen LogP contribution is -2.48. The van der Waals surface area contributed by atoms with E-state index in [2.05, 4.69) is 5.32 Å². The Morgan fingerprint density at radius 2 is 1.67 bits per heavy atom. The van der Waals surface area contributed by atoms with E-state index in [1.807, 2.05) is 30.9 Å². The summed E-state index contributed by atoms with van der Waals surface area (Å²) in [6, 6.07) is 7.21. The SMILES string of the molecule is CC(C)Oc1ccc(NC(=O)C(C)(C)C(=O)N2CCCCC2)cc1. The third kappa shape index (κ3) is 4.49. The maximum absolute atomic E-state index is 12.7. The molecule has 1 fully saturated rings. The zero-order chi connectivity index (χ0) is 17.7. The summed E-state index contributed by atoms with van der Waals surface area (Å²) in [5, 5.41) is 2.84. The number of amides is 2.